The standard InChI is InChI=1S/C22H25ClN4S/c1-17-4-7-19(8-5-17)15-27(12-3-11-26-13-10-24-16-26)22(28)25-21-14-20(23)9-6-18(21)2/h4-10,13-14,16H,3,11-12,15H2,1-2H3,(H,25,28). The van der Waals surface area contributed by atoms with E-state index < -0.39 is 0 Å². The Bertz CT molecular complexity index is 907. The fraction of sp³-hybridized carbons (Fsp3) is 0.273. The molecule has 0 saturated carbocycles. The van der Waals surface area contributed by atoms with Crippen molar-refractivity contribution in [1.82, 2.24) is 14.5 Å². The van der Waals surface area contributed by atoms with Crippen LogP contribution in [-0.4, -0.2) is 26.1 Å². The lowest BCUT2D eigenvalue weighted by atomic mass is 10.1. The van der Waals surface area contributed by atoms with Gasteiger partial charge in [0, 0.05) is 42.7 Å². The van der Waals surface area contributed by atoms with Crippen LogP contribution in [0.25, 0.3) is 0 Å². The molecule has 3 aromatic rings. The lowest BCUT2D eigenvalue weighted by Gasteiger charge is -2.27. The number of imidazole rings is 1. The predicted molar refractivity (Wildman–Crippen MR) is 121 cm³/mol. The molecule has 0 aliphatic carbocycles. The summed E-state index contributed by atoms with van der Waals surface area (Å²) in [5.74, 6) is 0. The normalized spacial score (nSPS) is 10.7. The van der Waals surface area contributed by atoms with E-state index in [1.807, 2.05) is 37.6 Å². The minimum Gasteiger partial charge on any atom is -0.345 e. The van der Waals surface area contributed by atoms with Gasteiger partial charge in [-0.1, -0.05) is 47.5 Å². The molecule has 1 N–H and O–H groups in total. The number of hydrogen-bond donors (Lipinski definition) is 1. The van der Waals surface area contributed by atoms with Crippen LogP contribution in [0.3, 0.4) is 0 Å². The molecule has 0 aliphatic heterocycles. The van der Waals surface area contributed by atoms with Gasteiger partial charge in [0.25, 0.3) is 0 Å². The van der Waals surface area contributed by atoms with Gasteiger partial charge in [-0.2, -0.15) is 0 Å². The molecule has 0 unspecified atom stereocenters. The van der Waals surface area contributed by atoms with Crippen LogP contribution in [0, 0.1) is 13.8 Å². The molecule has 2 aromatic carbocycles. The molecular weight excluding hydrogens is 388 g/mol. The topological polar surface area (TPSA) is 33.1 Å². The maximum atomic E-state index is 6.16. The van der Waals surface area contributed by atoms with Gasteiger partial charge in [-0.15, -0.1) is 0 Å². The Morgan fingerprint density at radius 1 is 1.18 bits per heavy atom. The van der Waals surface area contributed by atoms with Crippen molar-refractivity contribution in [2.75, 3.05) is 11.9 Å². The molecule has 0 atom stereocenters. The number of aryl methyl sites for hydroxylation is 3. The Labute approximate surface area is 177 Å². The molecule has 4 nitrogen and oxygen atoms in total. The summed E-state index contributed by atoms with van der Waals surface area (Å²) in [6.45, 7) is 6.65. The smallest absolute Gasteiger partial charge is 0.173 e. The molecule has 0 spiro atoms. The third-order valence-electron chi connectivity index (χ3n) is 4.63. The van der Waals surface area contributed by atoms with Crippen molar-refractivity contribution in [2.24, 2.45) is 0 Å². The highest BCUT2D eigenvalue weighted by Crippen LogP contribution is 2.21. The number of anilines is 1. The lowest BCUT2D eigenvalue weighted by Crippen LogP contribution is -2.35. The number of benzene rings is 2. The molecule has 0 saturated heterocycles. The number of nitrogens with one attached hydrogen (secondary N) is 1. The van der Waals surface area contributed by atoms with Gasteiger partial charge in [0.15, 0.2) is 5.11 Å². The van der Waals surface area contributed by atoms with Crippen molar-refractivity contribution in [3.63, 3.8) is 0 Å². The van der Waals surface area contributed by atoms with E-state index in [2.05, 4.69) is 51.0 Å². The second kappa shape index (κ2) is 9.71. The fourth-order valence-corrected chi connectivity index (χ4v) is 3.39. The van der Waals surface area contributed by atoms with Gasteiger partial charge in [0.1, 0.15) is 0 Å². The van der Waals surface area contributed by atoms with Gasteiger partial charge in [-0.05, 0) is 55.7 Å². The number of halogens is 1. The van der Waals surface area contributed by atoms with Crippen molar-refractivity contribution in [3.8, 4) is 0 Å². The minimum atomic E-state index is 0.695. The molecule has 0 amide bonds. The number of aromatic nitrogens is 2. The molecule has 1 heterocycles. The number of thiocarbonyl (C=S) groups is 1. The van der Waals surface area contributed by atoms with Crippen molar-refractivity contribution in [2.45, 2.75) is 33.4 Å². The summed E-state index contributed by atoms with van der Waals surface area (Å²) in [5, 5.41) is 4.78. The zero-order valence-corrected chi connectivity index (χ0v) is 17.8. The largest absolute Gasteiger partial charge is 0.345 e. The van der Waals surface area contributed by atoms with E-state index in [0.29, 0.717) is 10.1 Å². The lowest BCUT2D eigenvalue weighted by molar-refractivity contribution is 0.396. The minimum absolute atomic E-state index is 0.695. The first-order valence-corrected chi connectivity index (χ1v) is 10.1. The molecule has 0 radical (unpaired) electrons. The van der Waals surface area contributed by atoms with Crippen LogP contribution in [0.5, 0.6) is 0 Å². The summed E-state index contributed by atoms with van der Waals surface area (Å²) in [4.78, 5) is 6.31. The van der Waals surface area contributed by atoms with Gasteiger partial charge in [-0.25, -0.2) is 4.98 Å². The summed E-state index contributed by atoms with van der Waals surface area (Å²) in [6, 6.07) is 14.4. The first kappa shape index (κ1) is 20.4. The van der Waals surface area contributed by atoms with Crippen LogP contribution in [0.1, 0.15) is 23.1 Å². The van der Waals surface area contributed by atoms with E-state index in [4.69, 9.17) is 23.8 Å². The summed E-state index contributed by atoms with van der Waals surface area (Å²) in [7, 11) is 0. The van der Waals surface area contributed by atoms with E-state index in [9.17, 15) is 0 Å². The molecule has 0 aliphatic rings. The zero-order chi connectivity index (χ0) is 19.9. The van der Waals surface area contributed by atoms with Gasteiger partial charge in [0.05, 0.1) is 6.33 Å². The molecule has 3 rings (SSSR count). The Morgan fingerprint density at radius 3 is 2.68 bits per heavy atom. The molecule has 28 heavy (non-hydrogen) atoms. The van der Waals surface area contributed by atoms with E-state index in [0.717, 1.165) is 37.3 Å². The van der Waals surface area contributed by atoms with Crippen LogP contribution < -0.4 is 5.32 Å². The molecule has 0 fully saturated rings. The predicted octanol–water partition coefficient (Wildman–Crippen LogP) is 5.44. The summed E-state index contributed by atoms with van der Waals surface area (Å²) < 4.78 is 2.08. The van der Waals surface area contributed by atoms with E-state index in [1.165, 1.54) is 11.1 Å². The van der Waals surface area contributed by atoms with Gasteiger partial charge >= 0.3 is 0 Å². The van der Waals surface area contributed by atoms with Crippen LogP contribution >= 0.6 is 23.8 Å². The van der Waals surface area contributed by atoms with Crippen LogP contribution in [-0.2, 0) is 13.1 Å². The van der Waals surface area contributed by atoms with Gasteiger partial charge < -0.3 is 14.8 Å². The summed E-state index contributed by atoms with van der Waals surface area (Å²) >= 11 is 11.9. The van der Waals surface area contributed by atoms with Gasteiger partial charge in [0.2, 0.25) is 0 Å². The highest BCUT2D eigenvalue weighted by molar-refractivity contribution is 7.80. The first-order valence-electron chi connectivity index (χ1n) is 9.34. The Morgan fingerprint density at radius 2 is 1.96 bits per heavy atom. The van der Waals surface area contributed by atoms with Crippen molar-refractivity contribution in [1.29, 1.82) is 0 Å². The van der Waals surface area contributed by atoms with Crippen LogP contribution in [0.15, 0.2) is 61.2 Å². The van der Waals surface area contributed by atoms with Crippen molar-refractivity contribution >= 4 is 34.6 Å². The number of hydrogen-bond acceptors (Lipinski definition) is 2. The molecule has 146 valence electrons. The fourth-order valence-electron chi connectivity index (χ4n) is 2.95. The zero-order valence-electron chi connectivity index (χ0n) is 16.2. The maximum Gasteiger partial charge on any atom is 0.173 e. The Hall–Kier alpha value is -2.37. The van der Waals surface area contributed by atoms with Crippen LogP contribution in [0.4, 0.5) is 5.69 Å². The summed E-state index contributed by atoms with van der Waals surface area (Å²) in [6.07, 6.45) is 6.60. The SMILES string of the molecule is Cc1ccc(CN(CCCn2ccnc2)C(=S)Nc2cc(Cl)ccc2C)cc1. The molecule has 6 heteroatoms. The average Bonchev–Trinajstić information content (AvgIpc) is 3.19. The Kier molecular flexibility index (Phi) is 7.06. The first-order chi connectivity index (χ1) is 13.5. The number of nitrogens with zero attached hydrogens (tertiary/aromatic N) is 3. The third-order valence-corrected chi connectivity index (χ3v) is 5.22. The Balaban J connectivity index is 1.70. The summed E-state index contributed by atoms with van der Waals surface area (Å²) in [5.41, 5.74) is 4.55. The highest BCUT2D eigenvalue weighted by Gasteiger charge is 2.12. The average molecular weight is 413 g/mol. The second-order valence-corrected chi connectivity index (χ2v) is 7.77. The quantitative estimate of drug-likeness (QED) is 0.523. The van der Waals surface area contributed by atoms with Crippen LogP contribution in [0.2, 0.25) is 5.02 Å². The maximum absolute atomic E-state index is 6.16. The van der Waals surface area contributed by atoms with Crippen molar-refractivity contribution in [3.05, 3.63) is 82.9 Å². The molecular formula is C22H25ClN4S. The van der Waals surface area contributed by atoms with Crippen molar-refractivity contribution < 1.29 is 0 Å². The second-order valence-electron chi connectivity index (χ2n) is 6.95. The van der Waals surface area contributed by atoms with E-state index in [-0.39, 0.29) is 0 Å². The third kappa shape index (κ3) is 5.81. The monoisotopic (exact) mass is 412 g/mol. The number of rotatable bonds is 7. The van der Waals surface area contributed by atoms with Gasteiger partial charge in [-0.3, -0.25) is 0 Å². The van der Waals surface area contributed by atoms with E-state index >= 15 is 0 Å². The van der Waals surface area contributed by atoms with E-state index in [1.54, 1.807) is 6.20 Å². The molecule has 0 bridgehead atoms. The highest BCUT2D eigenvalue weighted by atomic mass is 35.5. The molecule has 1 aromatic heterocycles.